The van der Waals surface area contributed by atoms with Crippen LogP contribution in [0.25, 0.3) is 0 Å². The van der Waals surface area contributed by atoms with Gasteiger partial charge in [0.2, 0.25) is 0 Å². The number of halogens is 1. The van der Waals surface area contributed by atoms with E-state index < -0.39 is 11.8 Å². The van der Waals surface area contributed by atoms with Crippen molar-refractivity contribution in [3.05, 3.63) is 35.1 Å². The molecular weight excluding hydrogens is 259 g/mol. The van der Waals surface area contributed by atoms with E-state index in [2.05, 4.69) is 30.7 Å². The lowest BCUT2D eigenvalue weighted by Crippen LogP contribution is -2.57. The lowest BCUT2D eigenvalue weighted by Gasteiger charge is -2.45. The number of carboxylic acids is 1. The number of aromatic carboxylic acids is 1. The Labute approximate surface area is 118 Å². The predicted octanol–water partition coefficient (Wildman–Crippen LogP) is 2.05. The smallest absolute Gasteiger partial charge is 0.338 e. The maximum Gasteiger partial charge on any atom is 0.338 e. The Kier molecular flexibility index (Phi) is 4.11. The van der Waals surface area contributed by atoms with Crippen LogP contribution in [-0.4, -0.2) is 53.1 Å². The van der Waals surface area contributed by atoms with E-state index in [1.807, 2.05) is 0 Å². The zero-order valence-corrected chi connectivity index (χ0v) is 12.2. The molecule has 1 fully saturated rings. The molecule has 0 saturated carbocycles. The first kappa shape index (κ1) is 14.9. The molecule has 0 unspecified atom stereocenters. The van der Waals surface area contributed by atoms with Crippen LogP contribution >= 0.6 is 0 Å². The first-order chi connectivity index (χ1) is 9.29. The number of hydrogen-bond acceptors (Lipinski definition) is 3. The molecule has 1 aliphatic rings. The molecule has 0 spiro atoms. The summed E-state index contributed by atoms with van der Waals surface area (Å²) in [4.78, 5) is 15.4. The SMILES string of the molecule is CN1CCN(Cc2ccc(C(=O)O)c(F)c2)CC1(C)C. The summed E-state index contributed by atoms with van der Waals surface area (Å²) in [5.41, 5.74) is 0.637. The summed E-state index contributed by atoms with van der Waals surface area (Å²) in [7, 11) is 2.11. The third-order valence-electron chi connectivity index (χ3n) is 4.07. The van der Waals surface area contributed by atoms with E-state index in [4.69, 9.17) is 5.11 Å². The molecule has 0 radical (unpaired) electrons. The van der Waals surface area contributed by atoms with Gasteiger partial charge in [-0.2, -0.15) is 0 Å². The van der Waals surface area contributed by atoms with Crippen LogP contribution in [0.2, 0.25) is 0 Å². The molecule has 5 heteroatoms. The Bertz CT molecular complexity index is 517. The number of piperazine rings is 1. The van der Waals surface area contributed by atoms with Gasteiger partial charge in [0, 0.05) is 31.7 Å². The van der Waals surface area contributed by atoms with E-state index in [-0.39, 0.29) is 11.1 Å². The number of likely N-dealkylation sites (N-methyl/N-ethyl adjacent to an activating group) is 1. The standard InChI is InChI=1S/C15H21FN2O2/c1-15(2)10-18(7-6-17(15)3)9-11-4-5-12(14(19)20)13(16)8-11/h4-5,8H,6-7,9-10H2,1-3H3,(H,19,20). The average Bonchev–Trinajstić information content (AvgIpc) is 2.33. The van der Waals surface area contributed by atoms with Gasteiger partial charge in [-0.3, -0.25) is 9.80 Å². The second kappa shape index (κ2) is 5.50. The van der Waals surface area contributed by atoms with Crippen LogP contribution in [0.1, 0.15) is 29.8 Å². The van der Waals surface area contributed by atoms with Gasteiger partial charge in [-0.1, -0.05) is 6.07 Å². The maximum atomic E-state index is 13.7. The lowest BCUT2D eigenvalue weighted by molar-refractivity contribution is 0.0360. The molecular formula is C15H21FN2O2. The Morgan fingerprint density at radius 2 is 2.10 bits per heavy atom. The minimum atomic E-state index is -1.23. The van der Waals surface area contributed by atoms with Crippen molar-refractivity contribution in [2.75, 3.05) is 26.7 Å². The lowest BCUT2D eigenvalue weighted by atomic mass is 9.99. The van der Waals surface area contributed by atoms with Crippen molar-refractivity contribution in [3.63, 3.8) is 0 Å². The van der Waals surface area contributed by atoms with Crippen LogP contribution in [0.15, 0.2) is 18.2 Å². The maximum absolute atomic E-state index is 13.7. The molecule has 1 aliphatic heterocycles. The third kappa shape index (κ3) is 3.16. The van der Waals surface area contributed by atoms with Gasteiger partial charge in [0.15, 0.2) is 0 Å². The molecule has 1 N–H and O–H groups in total. The predicted molar refractivity (Wildman–Crippen MR) is 75.3 cm³/mol. The van der Waals surface area contributed by atoms with Gasteiger partial charge in [0.25, 0.3) is 0 Å². The summed E-state index contributed by atoms with van der Waals surface area (Å²) in [5.74, 6) is -1.89. The van der Waals surface area contributed by atoms with Crippen LogP contribution in [-0.2, 0) is 6.54 Å². The first-order valence-corrected chi connectivity index (χ1v) is 6.75. The van der Waals surface area contributed by atoms with Gasteiger partial charge < -0.3 is 5.11 Å². The zero-order chi connectivity index (χ0) is 14.9. The topological polar surface area (TPSA) is 43.8 Å². The summed E-state index contributed by atoms with van der Waals surface area (Å²) in [5, 5.41) is 8.82. The summed E-state index contributed by atoms with van der Waals surface area (Å²) in [6.45, 7) is 7.84. The van der Waals surface area contributed by atoms with Gasteiger partial charge in [-0.15, -0.1) is 0 Å². The number of rotatable bonds is 3. The van der Waals surface area contributed by atoms with E-state index in [9.17, 15) is 9.18 Å². The van der Waals surface area contributed by atoms with Crippen molar-refractivity contribution in [1.82, 2.24) is 9.80 Å². The number of carbonyl (C=O) groups is 1. The molecule has 110 valence electrons. The normalized spacial score (nSPS) is 20.0. The molecule has 0 amide bonds. The van der Waals surface area contributed by atoms with Crippen molar-refractivity contribution >= 4 is 5.97 Å². The van der Waals surface area contributed by atoms with Gasteiger partial charge in [-0.05, 0) is 38.6 Å². The molecule has 0 atom stereocenters. The number of hydrogen-bond donors (Lipinski definition) is 1. The molecule has 1 heterocycles. The van der Waals surface area contributed by atoms with Crippen LogP contribution in [0.4, 0.5) is 4.39 Å². The first-order valence-electron chi connectivity index (χ1n) is 6.75. The summed E-state index contributed by atoms with van der Waals surface area (Å²) in [6, 6.07) is 4.36. The Morgan fingerprint density at radius 1 is 1.40 bits per heavy atom. The number of nitrogens with zero attached hydrogens (tertiary/aromatic N) is 2. The number of benzene rings is 1. The molecule has 0 aromatic heterocycles. The van der Waals surface area contributed by atoms with Crippen LogP contribution in [0, 0.1) is 5.82 Å². The minimum Gasteiger partial charge on any atom is -0.478 e. The van der Waals surface area contributed by atoms with Crippen LogP contribution < -0.4 is 0 Å². The molecule has 20 heavy (non-hydrogen) atoms. The van der Waals surface area contributed by atoms with Crippen molar-refractivity contribution < 1.29 is 14.3 Å². The van der Waals surface area contributed by atoms with Crippen molar-refractivity contribution in [2.24, 2.45) is 0 Å². The molecule has 2 rings (SSSR count). The quantitative estimate of drug-likeness (QED) is 0.920. The largest absolute Gasteiger partial charge is 0.478 e. The molecule has 1 saturated heterocycles. The van der Waals surface area contributed by atoms with Gasteiger partial charge in [-0.25, -0.2) is 9.18 Å². The fourth-order valence-corrected chi connectivity index (χ4v) is 2.56. The Hall–Kier alpha value is -1.46. The van der Waals surface area contributed by atoms with Gasteiger partial charge in [0.05, 0.1) is 5.56 Å². The Morgan fingerprint density at radius 3 is 2.65 bits per heavy atom. The van der Waals surface area contributed by atoms with Gasteiger partial charge >= 0.3 is 5.97 Å². The average molecular weight is 280 g/mol. The van der Waals surface area contributed by atoms with Gasteiger partial charge in [0.1, 0.15) is 5.82 Å². The van der Waals surface area contributed by atoms with Crippen molar-refractivity contribution in [1.29, 1.82) is 0 Å². The summed E-state index contributed by atoms with van der Waals surface area (Å²) < 4.78 is 13.7. The number of carboxylic acid groups (broad SMARTS) is 1. The zero-order valence-electron chi connectivity index (χ0n) is 12.2. The second-order valence-corrected chi connectivity index (χ2v) is 6.06. The highest BCUT2D eigenvalue weighted by atomic mass is 19.1. The second-order valence-electron chi connectivity index (χ2n) is 6.06. The van der Waals surface area contributed by atoms with Crippen LogP contribution in [0.3, 0.4) is 0 Å². The molecule has 4 nitrogen and oxygen atoms in total. The van der Waals surface area contributed by atoms with Crippen molar-refractivity contribution in [3.8, 4) is 0 Å². The molecule has 1 aromatic rings. The van der Waals surface area contributed by atoms with E-state index in [0.717, 1.165) is 25.2 Å². The van der Waals surface area contributed by atoms with E-state index >= 15 is 0 Å². The third-order valence-corrected chi connectivity index (χ3v) is 4.07. The summed E-state index contributed by atoms with van der Waals surface area (Å²) in [6.07, 6.45) is 0. The molecule has 0 aliphatic carbocycles. The van der Waals surface area contributed by atoms with Crippen molar-refractivity contribution in [2.45, 2.75) is 25.9 Å². The Balaban J connectivity index is 2.07. The van der Waals surface area contributed by atoms with E-state index in [1.54, 1.807) is 6.07 Å². The highest BCUT2D eigenvalue weighted by Crippen LogP contribution is 2.21. The van der Waals surface area contributed by atoms with E-state index in [1.165, 1.54) is 12.1 Å². The van der Waals surface area contributed by atoms with Crippen LogP contribution in [0.5, 0.6) is 0 Å². The summed E-state index contributed by atoms with van der Waals surface area (Å²) >= 11 is 0. The highest BCUT2D eigenvalue weighted by Gasteiger charge is 2.30. The monoisotopic (exact) mass is 280 g/mol. The molecule has 1 aromatic carbocycles. The molecule has 0 bridgehead atoms. The fourth-order valence-electron chi connectivity index (χ4n) is 2.56. The van der Waals surface area contributed by atoms with E-state index in [0.29, 0.717) is 6.54 Å². The highest BCUT2D eigenvalue weighted by molar-refractivity contribution is 5.87. The fraction of sp³-hybridized carbons (Fsp3) is 0.533. The minimum absolute atomic E-state index is 0.0950.